The first-order valence-electron chi connectivity index (χ1n) is 17.5. The molecular weight excluding hydrogens is 800 g/mol. The van der Waals surface area contributed by atoms with Gasteiger partial charge in [0.25, 0.3) is 0 Å². The van der Waals surface area contributed by atoms with Crippen LogP contribution in [0.3, 0.4) is 0 Å². The second-order valence-corrected chi connectivity index (χ2v) is 12.7. The van der Waals surface area contributed by atoms with Crippen LogP contribution >= 0.6 is 0 Å². The third-order valence-electron chi connectivity index (χ3n) is 7.84. The van der Waals surface area contributed by atoms with Crippen LogP contribution in [0.2, 0.25) is 0 Å². The first-order valence-corrected chi connectivity index (χ1v) is 17.5. The average molecular weight is 845 g/mol. The first kappa shape index (κ1) is 47.1. The normalized spacial score (nSPS) is 26.1. The topological polar surface area (TPSA) is 294 Å². The number of phenols is 1. The summed E-state index contributed by atoms with van der Waals surface area (Å²) < 4.78 is 71.1. The van der Waals surface area contributed by atoms with Crippen LogP contribution in [-0.2, 0) is 90.5 Å². The third-order valence-corrected chi connectivity index (χ3v) is 7.84. The van der Waals surface area contributed by atoms with Gasteiger partial charge in [-0.3, -0.25) is 38.4 Å². The van der Waals surface area contributed by atoms with Gasteiger partial charge < -0.3 is 66.7 Å². The number of rotatable bonds is 15. The number of methoxy groups -OCH3 is 1. The van der Waals surface area contributed by atoms with Gasteiger partial charge in [-0.15, -0.1) is 0 Å². The molecule has 0 saturated carbocycles. The number of ether oxygens (including phenoxy) is 13. The van der Waals surface area contributed by atoms with E-state index in [0.29, 0.717) is 0 Å². The standard InChI is InChI=1S/C36H44O23/c1-14(37)48-12-25-28(50-16(3)39)30(52-18(5)41)32(54-20(7)43)35(58-25)56-23-10-22(34(46)47-9)11-24(27(23)45)57-36-33(55-21(8)44)31(53-19(6)42)29(51-17(4)40)26(59-36)13-49-15(2)38/h10-11,25-26,28-33,35-36,45H,12-13H2,1-9H3/t25-,26-,28+,29+,30+,31+,32-,33-,35?,36?/m1/s1. The van der Waals surface area contributed by atoms with Gasteiger partial charge in [-0.1, -0.05) is 0 Å². The van der Waals surface area contributed by atoms with E-state index < -0.39 is 151 Å². The Hall–Kier alpha value is -6.23. The number of hydrogen-bond acceptors (Lipinski definition) is 23. The number of esters is 9. The molecule has 0 aromatic heterocycles. The molecule has 2 heterocycles. The summed E-state index contributed by atoms with van der Waals surface area (Å²) in [5.74, 6) is -10.7. The lowest BCUT2D eigenvalue weighted by atomic mass is 9.98. The number of benzene rings is 1. The van der Waals surface area contributed by atoms with E-state index in [1.807, 2.05) is 0 Å². The molecule has 59 heavy (non-hydrogen) atoms. The SMILES string of the molecule is COC(=O)c1cc(OC2O[C@H](COC(C)=O)[C@H](OC(C)=O)[C@H](OC(C)=O)[C@H]2OC(C)=O)c(O)c(OC2O[C@H](COC(C)=O)[C@H](OC(C)=O)[C@H](OC(C)=O)[C@H]2OC(C)=O)c1. The molecule has 2 unspecified atom stereocenters. The predicted molar refractivity (Wildman–Crippen MR) is 185 cm³/mol. The van der Waals surface area contributed by atoms with Crippen molar-refractivity contribution in [1.29, 1.82) is 0 Å². The highest BCUT2D eigenvalue weighted by Crippen LogP contribution is 2.42. The number of carbonyl (C=O) groups excluding carboxylic acids is 9. The van der Waals surface area contributed by atoms with Crippen molar-refractivity contribution >= 4 is 53.7 Å². The zero-order valence-corrected chi connectivity index (χ0v) is 33.3. The highest BCUT2D eigenvalue weighted by molar-refractivity contribution is 5.91. The minimum absolute atomic E-state index is 0.397. The maximum absolute atomic E-state index is 12.9. The molecule has 1 aromatic rings. The van der Waals surface area contributed by atoms with Crippen LogP contribution < -0.4 is 9.47 Å². The molecule has 2 saturated heterocycles. The molecule has 0 spiro atoms. The molecule has 23 nitrogen and oxygen atoms in total. The summed E-state index contributed by atoms with van der Waals surface area (Å²) in [5, 5.41) is 11.6. The maximum atomic E-state index is 12.9. The number of hydrogen-bond donors (Lipinski definition) is 1. The van der Waals surface area contributed by atoms with Crippen molar-refractivity contribution in [1.82, 2.24) is 0 Å². The van der Waals surface area contributed by atoms with Crippen LogP contribution in [0.25, 0.3) is 0 Å². The summed E-state index contributed by atoms with van der Waals surface area (Å²) in [6.07, 6.45) is -16.9. The minimum Gasteiger partial charge on any atom is -0.502 e. The Balaban J connectivity index is 2.22. The van der Waals surface area contributed by atoms with Crippen LogP contribution in [0, 0.1) is 0 Å². The van der Waals surface area contributed by atoms with E-state index in [-0.39, 0.29) is 0 Å². The molecule has 0 radical (unpaired) electrons. The molecule has 0 amide bonds. The molecule has 10 atom stereocenters. The lowest BCUT2D eigenvalue weighted by Gasteiger charge is -2.44. The molecule has 2 aliphatic heterocycles. The second-order valence-electron chi connectivity index (χ2n) is 12.7. The van der Waals surface area contributed by atoms with Gasteiger partial charge in [-0.05, 0) is 12.1 Å². The maximum Gasteiger partial charge on any atom is 0.338 e. The Kier molecular flexibility index (Phi) is 16.8. The quantitative estimate of drug-likeness (QED) is 0.181. The van der Waals surface area contributed by atoms with Crippen molar-refractivity contribution in [2.24, 2.45) is 0 Å². The lowest BCUT2D eigenvalue weighted by Crippen LogP contribution is -2.63. The zero-order chi connectivity index (χ0) is 44.3. The van der Waals surface area contributed by atoms with E-state index in [0.717, 1.165) is 74.6 Å². The fraction of sp³-hybridized carbons (Fsp3) is 0.583. The van der Waals surface area contributed by atoms with E-state index in [1.165, 1.54) is 0 Å². The van der Waals surface area contributed by atoms with Crippen molar-refractivity contribution in [3.05, 3.63) is 17.7 Å². The average Bonchev–Trinajstić information content (AvgIpc) is 3.11. The van der Waals surface area contributed by atoms with E-state index in [2.05, 4.69) is 0 Å². The van der Waals surface area contributed by atoms with E-state index >= 15 is 0 Å². The number of aromatic hydroxyl groups is 1. The van der Waals surface area contributed by atoms with Crippen LogP contribution in [0.5, 0.6) is 17.2 Å². The summed E-state index contributed by atoms with van der Waals surface area (Å²) in [6, 6.07) is 1.85. The van der Waals surface area contributed by atoms with Crippen molar-refractivity contribution < 1.29 is 110 Å². The van der Waals surface area contributed by atoms with Gasteiger partial charge in [-0.2, -0.15) is 0 Å². The van der Waals surface area contributed by atoms with Gasteiger partial charge in [0.15, 0.2) is 35.9 Å². The number of carbonyl (C=O) groups is 9. The fourth-order valence-corrected chi connectivity index (χ4v) is 5.82. The molecule has 0 aliphatic carbocycles. The first-order chi connectivity index (χ1) is 27.6. The van der Waals surface area contributed by atoms with Gasteiger partial charge in [0, 0.05) is 55.4 Å². The van der Waals surface area contributed by atoms with Gasteiger partial charge in [0.1, 0.15) is 25.4 Å². The lowest BCUT2D eigenvalue weighted by molar-refractivity contribution is -0.289. The summed E-state index contributed by atoms with van der Waals surface area (Å²) in [5.41, 5.74) is -0.397. The molecular formula is C36H44O23. The predicted octanol–water partition coefficient (Wildman–Crippen LogP) is 0.103. The van der Waals surface area contributed by atoms with Crippen LogP contribution in [0.1, 0.15) is 65.7 Å². The Bertz CT molecular complexity index is 1660. The molecule has 23 heteroatoms. The Morgan fingerprint density at radius 2 is 0.797 bits per heavy atom. The van der Waals surface area contributed by atoms with Crippen molar-refractivity contribution in [3.8, 4) is 17.2 Å². The molecule has 1 N–H and O–H groups in total. The summed E-state index contributed by atoms with van der Waals surface area (Å²) >= 11 is 0. The van der Waals surface area contributed by atoms with Gasteiger partial charge in [0.05, 0.1) is 12.7 Å². The highest BCUT2D eigenvalue weighted by Gasteiger charge is 2.55. The van der Waals surface area contributed by atoms with Crippen molar-refractivity contribution in [2.45, 2.75) is 117 Å². The van der Waals surface area contributed by atoms with Gasteiger partial charge in [0.2, 0.25) is 30.5 Å². The van der Waals surface area contributed by atoms with Crippen molar-refractivity contribution in [3.63, 3.8) is 0 Å². The largest absolute Gasteiger partial charge is 0.502 e. The Morgan fingerprint density at radius 1 is 0.492 bits per heavy atom. The number of phenolic OH excluding ortho intramolecular Hbond substituents is 1. The summed E-state index contributed by atoms with van der Waals surface area (Å²) in [4.78, 5) is 110. The summed E-state index contributed by atoms with van der Waals surface area (Å²) in [7, 11) is 1.01. The van der Waals surface area contributed by atoms with E-state index in [1.54, 1.807) is 0 Å². The second kappa shape index (κ2) is 21.0. The minimum atomic E-state index is -1.92. The zero-order valence-electron chi connectivity index (χ0n) is 33.3. The summed E-state index contributed by atoms with van der Waals surface area (Å²) in [6.45, 7) is 6.81. The van der Waals surface area contributed by atoms with Crippen LogP contribution in [0.4, 0.5) is 0 Å². The molecule has 326 valence electrons. The van der Waals surface area contributed by atoms with Crippen LogP contribution in [-0.4, -0.2) is 141 Å². The monoisotopic (exact) mass is 844 g/mol. The Labute approximate surface area is 335 Å². The van der Waals surface area contributed by atoms with E-state index in [9.17, 15) is 48.3 Å². The smallest absolute Gasteiger partial charge is 0.338 e. The molecule has 3 rings (SSSR count). The molecule has 1 aromatic carbocycles. The van der Waals surface area contributed by atoms with Crippen LogP contribution in [0.15, 0.2) is 12.1 Å². The van der Waals surface area contributed by atoms with Gasteiger partial charge >= 0.3 is 53.7 Å². The molecule has 2 aliphatic rings. The fourth-order valence-electron chi connectivity index (χ4n) is 5.82. The highest BCUT2D eigenvalue weighted by atomic mass is 16.8. The molecule has 0 bridgehead atoms. The third kappa shape index (κ3) is 13.4. The van der Waals surface area contributed by atoms with Gasteiger partial charge in [-0.25, -0.2) is 4.79 Å². The molecule has 2 fully saturated rings. The van der Waals surface area contributed by atoms with E-state index in [4.69, 9.17) is 61.6 Å². The Morgan fingerprint density at radius 3 is 1.08 bits per heavy atom. The van der Waals surface area contributed by atoms with Crippen molar-refractivity contribution in [2.75, 3.05) is 20.3 Å².